The summed E-state index contributed by atoms with van der Waals surface area (Å²) in [6.45, 7) is 0. The molecule has 6 heteroatoms. The molecule has 0 radical (unpaired) electrons. The maximum Gasteiger partial charge on any atom is 0.488 e. The Labute approximate surface area is 78.9 Å². The number of aromatic nitrogens is 1. The molecule has 0 fully saturated rings. The molecular weight excluding hydrogens is 192 g/mol. The Kier molecular flexibility index (Phi) is 1.99. The summed E-state index contributed by atoms with van der Waals surface area (Å²) in [5.41, 5.74) is 0.881. The highest BCUT2D eigenvalue weighted by atomic mass is 35.5. The van der Waals surface area contributed by atoms with Gasteiger partial charge in [0.2, 0.25) is 0 Å². The molecule has 2 rings (SSSR count). The Bertz CT molecular complexity index is 442. The minimum atomic E-state index is -1.50. The van der Waals surface area contributed by atoms with Crippen molar-refractivity contribution >= 4 is 35.2 Å². The first-order valence-electron chi connectivity index (χ1n) is 3.59. The Morgan fingerprint density at radius 2 is 2.15 bits per heavy atom. The molecule has 1 aromatic carbocycles. The largest absolute Gasteiger partial charge is 0.488 e. The van der Waals surface area contributed by atoms with Crippen LogP contribution in [0.15, 0.2) is 22.7 Å². The van der Waals surface area contributed by atoms with Crippen molar-refractivity contribution in [3.63, 3.8) is 0 Å². The fraction of sp³-hybridized carbons (Fsp3) is 0. The molecule has 66 valence electrons. The van der Waals surface area contributed by atoms with Crippen LogP contribution in [-0.2, 0) is 0 Å². The van der Waals surface area contributed by atoms with Crippen molar-refractivity contribution in [2.24, 2.45) is 0 Å². The summed E-state index contributed by atoms with van der Waals surface area (Å²) in [5, 5.41) is 22.1. The highest BCUT2D eigenvalue weighted by Gasteiger charge is 2.13. The lowest BCUT2D eigenvalue weighted by Crippen LogP contribution is -2.29. The quantitative estimate of drug-likeness (QED) is 0.639. The van der Waals surface area contributed by atoms with Crippen LogP contribution in [0, 0.1) is 0 Å². The fourth-order valence-electron chi connectivity index (χ4n) is 1.09. The number of rotatable bonds is 1. The molecule has 0 saturated carbocycles. The smallest absolute Gasteiger partial charge is 0.423 e. The molecule has 0 saturated heterocycles. The molecule has 0 spiro atoms. The summed E-state index contributed by atoms with van der Waals surface area (Å²) in [6, 6.07) is 4.65. The van der Waals surface area contributed by atoms with Crippen LogP contribution in [0.2, 0.25) is 5.15 Å². The SMILES string of the molecule is OB(O)c1ccc2onc(Cl)c2c1. The monoisotopic (exact) mass is 197 g/mol. The van der Waals surface area contributed by atoms with Gasteiger partial charge in [0, 0.05) is 0 Å². The Morgan fingerprint density at radius 1 is 1.38 bits per heavy atom. The number of nitrogens with zero attached hydrogens (tertiary/aromatic N) is 1. The average Bonchev–Trinajstić information content (AvgIpc) is 2.47. The molecule has 13 heavy (non-hydrogen) atoms. The minimum absolute atomic E-state index is 0.220. The second-order valence-electron chi connectivity index (χ2n) is 2.60. The summed E-state index contributed by atoms with van der Waals surface area (Å²) in [6.07, 6.45) is 0. The first-order chi connectivity index (χ1) is 6.18. The van der Waals surface area contributed by atoms with Crippen LogP contribution < -0.4 is 5.46 Å². The van der Waals surface area contributed by atoms with Gasteiger partial charge in [0.25, 0.3) is 0 Å². The molecule has 2 N–H and O–H groups in total. The van der Waals surface area contributed by atoms with Crippen LogP contribution in [0.5, 0.6) is 0 Å². The zero-order chi connectivity index (χ0) is 9.42. The zero-order valence-electron chi connectivity index (χ0n) is 6.44. The molecule has 4 nitrogen and oxygen atoms in total. The fourth-order valence-corrected chi connectivity index (χ4v) is 1.27. The van der Waals surface area contributed by atoms with Crippen molar-refractivity contribution in [2.75, 3.05) is 0 Å². The van der Waals surface area contributed by atoms with E-state index < -0.39 is 7.12 Å². The third-order valence-electron chi connectivity index (χ3n) is 1.75. The van der Waals surface area contributed by atoms with E-state index in [0.29, 0.717) is 16.4 Å². The van der Waals surface area contributed by atoms with E-state index in [1.807, 2.05) is 0 Å². The first-order valence-corrected chi connectivity index (χ1v) is 3.97. The number of hydrogen-bond acceptors (Lipinski definition) is 4. The molecule has 1 aromatic heterocycles. The van der Waals surface area contributed by atoms with Gasteiger partial charge in [-0.15, -0.1) is 0 Å². The normalized spacial score (nSPS) is 10.7. The Hall–Kier alpha value is -1.04. The van der Waals surface area contributed by atoms with E-state index in [-0.39, 0.29) is 5.15 Å². The first kappa shape index (κ1) is 8.56. The Balaban J connectivity index is 2.66. The van der Waals surface area contributed by atoms with Gasteiger partial charge in [0.05, 0.1) is 5.39 Å². The van der Waals surface area contributed by atoms with E-state index in [1.54, 1.807) is 6.07 Å². The van der Waals surface area contributed by atoms with E-state index in [4.69, 9.17) is 26.2 Å². The van der Waals surface area contributed by atoms with Crippen molar-refractivity contribution < 1.29 is 14.6 Å². The molecule has 0 aliphatic rings. The molecule has 0 unspecified atom stereocenters. The molecular formula is C7H5BClNO3. The maximum atomic E-state index is 8.87. The molecule has 0 amide bonds. The van der Waals surface area contributed by atoms with Crippen LogP contribution in [-0.4, -0.2) is 22.3 Å². The predicted molar refractivity (Wildman–Crippen MR) is 48.8 cm³/mol. The van der Waals surface area contributed by atoms with Gasteiger partial charge in [-0.25, -0.2) is 0 Å². The highest BCUT2D eigenvalue weighted by molar-refractivity contribution is 6.59. The molecule has 1 heterocycles. The highest BCUT2D eigenvalue weighted by Crippen LogP contribution is 2.20. The van der Waals surface area contributed by atoms with Crippen LogP contribution in [0.1, 0.15) is 0 Å². The second-order valence-corrected chi connectivity index (χ2v) is 2.96. The molecule has 0 aliphatic heterocycles. The molecule has 0 aliphatic carbocycles. The van der Waals surface area contributed by atoms with E-state index >= 15 is 0 Å². The summed E-state index contributed by atoms with van der Waals surface area (Å²) in [7, 11) is -1.50. The standard InChI is InChI=1S/C7H5BClNO3/c9-7-5-3-4(8(11)12)1-2-6(5)13-10-7/h1-3,11-12H. The topological polar surface area (TPSA) is 66.5 Å². The number of hydrogen-bond donors (Lipinski definition) is 2. The summed E-state index contributed by atoms with van der Waals surface area (Å²) in [4.78, 5) is 0. The lowest BCUT2D eigenvalue weighted by molar-refractivity contribution is 0.426. The number of fused-ring (bicyclic) bond motifs is 1. The predicted octanol–water partition coefficient (Wildman–Crippen LogP) is 0.161. The van der Waals surface area contributed by atoms with Crippen molar-refractivity contribution in [1.29, 1.82) is 0 Å². The van der Waals surface area contributed by atoms with Gasteiger partial charge < -0.3 is 14.6 Å². The van der Waals surface area contributed by atoms with Gasteiger partial charge >= 0.3 is 7.12 Å². The summed E-state index contributed by atoms with van der Waals surface area (Å²) in [5.74, 6) is 0. The van der Waals surface area contributed by atoms with Gasteiger partial charge in [-0.05, 0) is 17.6 Å². The van der Waals surface area contributed by atoms with Crippen LogP contribution in [0.25, 0.3) is 11.0 Å². The van der Waals surface area contributed by atoms with Crippen LogP contribution in [0.3, 0.4) is 0 Å². The summed E-state index contributed by atoms with van der Waals surface area (Å²) < 4.78 is 4.84. The lowest BCUT2D eigenvalue weighted by Gasteiger charge is -1.96. The van der Waals surface area contributed by atoms with E-state index in [2.05, 4.69) is 5.16 Å². The van der Waals surface area contributed by atoms with Gasteiger partial charge in [0.1, 0.15) is 0 Å². The van der Waals surface area contributed by atoms with Crippen molar-refractivity contribution in [1.82, 2.24) is 5.16 Å². The van der Waals surface area contributed by atoms with Crippen molar-refractivity contribution in [2.45, 2.75) is 0 Å². The number of benzene rings is 1. The zero-order valence-corrected chi connectivity index (χ0v) is 7.19. The van der Waals surface area contributed by atoms with Crippen LogP contribution >= 0.6 is 11.6 Å². The molecule has 0 bridgehead atoms. The summed E-state index contributed by atoms with van der Waals surface area (Å²) >= 11 is 5.68. The second kappa shape index (κ2) is 3.03. The van der Waals surface area contributed by atoms with Gasteiger partial charge in [-0.2, -0.15) is 0 Å². The van der Waals surface area contributed by atoms with E-state index in [9.17, 15) is 0 Å². The third kappa shape index (κ3) is 1.41. The molecule has 2 aromatic rings. The van der Waals surface area contributed by atoms with Crippen molar-refractivity contribution in [3.05, 3.63) is 23.4 Å². The van der Waals surface area contributed by atoms with E-state index in [1.165, 1.54) is 12.1 Å². The lowest BCUT2D eigenvalue weighted by atomic mass is 9.80. The molecule has 0 atom stereocenters. The van der Waals surface area contributed by atoms with Crippen molar-refractivity contribution in [3.8, 4) is 0 Å². The van der Waals surface area contributed by atoms with Gasteiger partial charge in [-0.1, -0.05) is 22.8 Å². The maximum absolute atomic E-state index is 8.87. The van der Waals surface area contributed by atoms with Crippen LogP contribution in [0.4, 0.5) is 0 Å². The van der Waals surface area contributed by atoms with Gasteiger partial charge in [0.15, 0.2) is 10.7 Å². The third-order valence-corrected chi connectivity index (χ3v) is 2.02. The number of halogens is 1. The average molecular weight is 197 g/mol. The van der Waals surface area contributed by atoms with E-state index in [0.717, 1.165) is 0 Å². The van der Waals surface area contributed by atoms with Gasteiger partial charge in [-0.3, -0.25) is 0 Å². The minimum Gasteiger partial charge on any atom is -0.423 e. The Morgan fingerprint density at radius 3 is 2.85 bits per heavy atom.